The highest BCUT2D eigenvalue weighted by Crippen LogP contribution is 2.35. The average molecular weight is 445 g/mol. The van der Waals surface area contributed by atoms with Crippen LogP contribution in [0, 0.1) is 0 Å². The van der Waals surface area contributed by atoms with Crippen LogP contribution >= 0.6 is 0 Å². The summed E-state index contributed by atoms with van der Waals surface area (Å²) in [5.74, 6) is 1.30. The fourth-order valence-corrected chi connectivity index (χ4v) is 5.56. The van der Waals surface area contributed by atoms with Crippen LogP contribution in [-0.2, 0) is 23.0 Å². The van der Waals surface area contributed by atoms with E-state index in [9.17, 15) is 13.2 Å². The second kappa shape index (κ2) is 8.88. The van der Waals surface area contributed by atoms with Crippen molar-refractivity contribution in [2.75, 3.05) is 19.7 Å². The largest absolute Gasteiger partial charge is 0.494 e. The molecule has 1 unspecified atom stereocenters. The number of hydrogen-bond acceptors (Lipinski definition) is 5. The van der Waals surface area contributed by atoms with Crippen molar-refractivity contribution in [1.82, 2.24) is 9.62 Å². The van der Waals surface area contributed by atoms with Crippen molar-refractivity contribution >= 4 is 15.9 Å². The first-order valence-corrected chi connectivity index (χ1v) is 12.2. The van der Waals surface area contributed by atoms with E-state index in [1.54, 1.807) is 12.1 Å². The van der Waals surface area contributed by atoms with Gasteiger partial charge >= 0.3 is 0 Å². The Balaban J connectivity index is 1.45. The summed E-state index contributed by atoms with van der Waals surface area (Å²) in [6, 6.07) is 10.0. The Hall–Kier alpha value is -2.58. The molecule has 0 aliphatic carbocycles. The second-order valence-electron chi connectivity index (χ2n) is 7.95. The van der Waals surface area contributed by atoms with Crippen molar-refractivity contribution in [3.63, 3.8) is 0 Å². The summed E-state index contributed by atoms with van der Waals surface area (Å²) in [6.07, 6.45) is 2.74. The van der Waals surface area contributed by atoms with Gasteiger partial charge in [0.15, 0.2) is 0 Å². The number of fused-ring (bicyclic) bond motifs is 1. The van der Waals surface area contributed by atoms with Gasteiger partial charge in [-0.2, -0.15) is 4.31 Å². The number of carbonyl (C=O) groups is 1. The van der Waals surface area contributed by atoms with E-state index < -0.39 is 10.0 Å². The molecule has 0 aromatic heterocycles. The summed E-state index contributed by atoms with van der Waals surface area (Å²) in [6.45, 7) is 5.87. The first-order valence-electron chi connectivity index (χ1n) is 10.7. The number of nitrogens with one attached hydrogen (secondary N) is 1. The van der Waals surface area contributed by atoms with Gasteiger partial charge in [0, 0.05) is 42.7 Å². The smallest absolute Gasteiger partial charge is 0.251 e. The molecule has 1 N–H and O–H groups in total. The van der Waals surface area contributed by atoms with Gasteiger partial charge in [0.2, 0.25) is 10.0 Å². The zero-order valence-electron chi connectivity index (χ0n) is 17.9. The topological polar surface area (TPSA) is 84.9 Å². The van der Waals surface area contributed by atoms with Crippen LogP contribution in [0.15, 0.2) is 41.3 Å². The van der Waals surface area contributed by atoms with Gasteiger partial charge in [-0.3, -0.25) is 4.79 Å². The Morgan fingerprint density at radius 3 is 2.58 bits per heavy atom. The third kappa shape index (κ3) is 4.55. The van der Waals surface area contributed by atoms with Crippen molar-refractivity contribution in [1.29, 1.82) is 0 Å². The summed E-state index contributed by atoms with van der Waals surface area (Å²) in [5, 5.41) is 2.90. The average Bonchev–Trinajstić information content (AvgIpc) is 3.41. The molecule has 0 bridgehead atoms. The van der Waals surface area contributed by atoms with Crippen LogP contribution in [0.25, 0.3) is 0 Å². The summed E-state index contributed by atoms with van der Waals surface area (Å²) < 4.78 is 38.4. The van der Waals surface area contributed by atoms with Crippen molar-refractivity contribution < 1.29 is 22.7 Å². The molecule has 1 saturated heterocycles. The van der Waals surface area contributed by atoms with Crippen LogP contribution in [0.1, 0.15) is 48.2 Å². The highest BCUT2D eigenvalue weighted by Gasteiger charge is 2.27. The van der Waals surface area contributed by atoms with Crippen LogP contribution in [0.4, 0.5) is 0 Å². The highest BCUT2D eigenvalue weighted by atomic mass is 32.2. The maximum absolute atomic E-state index is 12.6. The predicted molar refractivity (Wildman–Crippen MR) is 117 cm³/mol. The molecular formula is C23H28N2O5S. The normalized spacial score (nSPS) is 18.5. The third-order valence-electron chi connectivity index (χ3n) is 5.64. The Labute approximate surface area is 183 Å². The molecule has 166 valence electrons. The molecule has 1 atom stereocenters. The number of ether oxygens (including phenoxy) is 2. The molecule has 0 spiro atoms. The summed E-state index contributed by atoms with van der Waals surface area (Å²) in [4.78, 5) is 12.9. The fourth-order valence-electron chi connectivity index (χ4n) is 4.04. The molecule has 2 aromatic carbocycles. The molecule has 7 nitrogen and oxygen atoms in total. The predicted octanol–water partition coefficient (Wildman–Crippen LogP) is 3.12. The molecule has 4 rings (SSSR count). The number of sulfonamides is 1. The number of amides is 1. The van der Waals surface area contributed by atoms with Gasteiger partial charge < -0.3 is 14.8 Å². The van der Waals surface area contributed by atoms with Gasteiger partial charge in [0.25, 0.3) is 5.91 Å². The van der Waals surface area contributed by atoms with Gasteiger partial charge in [-0.25, -0.2) is 8.42 Å². The molecule has 0 radical (unpaired) electrons. The number of hydrogen-bond donors (Lipinski definition) is 1. The van der Waals surface area contributed by atoms with Gasteiger partial charge in [0.05, 0.1) is 11.5 Å². The van der Waals surface area contributed by atoms with E-state index in [-0.39, 0.29) is 23.5 Å². The summed E-state index contributed by atoms with van der Waals surface area (Å²) >= 11 is 0. The second-order valence-corrected chi connectivity index (χ2v) is 9.89. The fraction of sp³-hybridized carbons (Fsp3) is 0.435. The zero-order valence-corrected chi connectivity index (χ0v) is 18.7. The first-order chi connectivity index (χ1) is 14.9. The maximum Gasteiger partial charge on any atom is 0.251 e. The Kier molecular flexibility index (Phi) is 6.20. The maximum atomic E-state index is 12.6. The van der Waals surface area contributed by atoms with Crippen molar-refractivity contribution in [2.45, 2.75) is 50.7 Å². The number of carbonyl (C=O) groups excluding carboxylic acids is 1. The third-order valence-corrected chi connectivity index (χ3v) is 7.55. The summed E-state index contributed by atoms with van der Waals surface area (Å²) in [5.41, 5.74) is 2.36. The van der Waals surface area contributed by atoms with E-state index in [1.807, 2.05) is 26.0 Å². The van der Waals surface area contributed by atoms with Crippen LogP contribution in [-0.4, -0.2) is 44.4 Å². The SMILES string of the molecule is CCOc1cc2c(cc1CNC(=O)c1ccc(S(=O)(=O)N3CCCC3)cc1)OC(C)C2. The minimum Gasteiger partial charge on any atom is -0.494 e. The minimum absolute atomic E-state index is 0.129. The van der Waals surface area contributed by atoms with Gasteiger partial charge in [0.1, 0.15) is 17.6 Å². The van der Waals surface area contributed by atoms with Gasteiger partial charge in [-0.1, -0.05) is 0 Å². The van der Waals surface area contributed by atoms with Crippen LogP contribution in [0.3, 0.4) is 0 Å². The van der Waals surface area contributed by atoms with E-state index in [0.717, 1.165) is 41.9 Å². The van der Waals surface area contributed by atoms with E-state index in [0.29, 0.717) is 25.3 Å². The molecule has 2 aromatic rings. The van der Waals surface area contributed by atoms with Gasteiger partial charge in [-0.05, 0) is 63.1 Å². The lowest BCUT2D eigenvalue weighted by Gasteiger charge is -2.16. The van der Waals surface area contributed by atoms with Gasteiger partial charge in [-0.15, -0.1) is 0 Å². The molecule has 2 aliphatic heterocycles. The Bertz CT molecular complexity index is 1060. The highest BCUT2D eigenvalue weighted by molar-refractivity contribution is 7.89. The number of nitrogens with zero attached hydrogens (tertiary/aromatic N) is 1. The lowest BCUT2D eigenvalue weighted by atomic mass is 10.1. The molecule has 8 heteroatoms. The minimum atomic E-state index is -3.49. The van der Waals surface area contributed by atoms with E-state index >= 15 is 0 Å². The zero-order chi connectivity index (χ0) is 22.0. The van der Waals surface area contributed by atoms with Crippen LogP contribution < -0.4 is 14.8 Å². The van der Waals surface area contributed by atoms with E-state index in [1.165, 1.54) is 16.4 Å². The number of rotatable bonds is 7. The lowest BCUT2D eigenvalue weighted by molar-refractivity contribution is 0.0950. The Morgan fingerprint density at radius 2 is 1.90 bits per heavy atom. The molecule has 0 saturated carbocycles. The molecule has 31 heavy (non-hydrogen) atoms. The molecule has 2 aliphatic rings. The molecular weight excluding hydrogens is 416 g/mol. The van der Waals surface area contributed by atoms with Crippen LogP contribution in [0.2, 0.25) is 0 Å². The van der Waals surface area contributed by atoms with Crippen LogP contribution in [0.5, 0.6) is 11.5 Å². The quantitative estimate of drug-likeness (QED) is 0.709. The number of benzene rings is 2. The van der Waals surface area contributed by atoms with Crippen molar-refractivity contribution in [3.05, 3.63) is 53.1 Å². The van der Waals surface area contributed by atoms with E-state index in [4.69, 9.17) is 9.47 Å². The Morgan fingerprint density at radius 1 is 1.19 bits per heavy atom. The first kappa shape index (κ1) is 21.6. The van der Waals surface area contributed by atoms with Crippen molar-refractivity contribution in [2.24, 2.45) is 0 Å². The molecule has 2 heterocycles. The molecule has 1 fully saturated rings. The summed E-state index contributed by atoms with van der Waals surface area (Å²) in [7, 11) is -3.49. The van der Waals surface area contributed by atoms with E-state index in [2.05, 4.69) is 5.32 Å². The monoisotopic (exact) mass is 444 g/mol. The van der Waals surface area contributed by atoms with Crippen molar-refractivity contribution in [3.8, 4) is 11.5 Å². The molecule has 1 amide bonds. The lowest BCUT2D eigenvalue weighted by Crippen LogP contribution is -2.28. The standard InChI is InChI=1S/C23H28N2O5S/c1-3-29-21-13-18-12-16(2)30-22(18)14-19(21)15-24-23(26)17-6-8-20(9-7-17)31(27,28)25-10-4-5-11-25/h6-9,13-14,16H,3-5,10-12,15H2,1-2H3,(H,24,26).